The summed E-state index contributed by atoms with van der Waals surface area (Å²) in [6, 6.07) is 0. The lowest BCUT2D eigenvalue weighted by molar-refractivity contribution is -0.140. The molecule has 0 aromatic carbocycles. The zero-order valence-electron chi connectivity index (χ0n) is 25.2. The van der Waals surface area contributed by atoms with Crippen LogP contribution in [0, 0.1) is 0 Å². The summed E-state index contributed by atoms with van der Waals surface area (Å²) in [6.45, 7) is 3.65. The van der Waals surface area contributed by atoms with E-state index < -0.39 is 0 Å². The molecule has 0 saturated heterocycles. The normalized spacial score (nSPS) is 21.3. The van der Waals surface area contributed by atoms with E-state index in [4.69, 9.17) is 0 Å². The first kappa shape index (κ1) is 35.5. The van der Waals surface area contributed by atoms with Crippen LogP contribution in [0.2, 0.25) is 0 Å². The van der Waals surface area contributed by atoms with Crippen LogP contribution < -0.4 is 0 Å². The lowest BCUT2D eigenvalue weighted by Gasteiger charge is -2.05. The van der Waals surface area contributed by atoms with Crippen molar-refractivity contribution in [3.8, 4) is 0 Å². The van der Waals surface area contributed by atoms with E-state index in [0.29, 0.717) is 6.61 Å². The number of carbonyl (C=O) groups excluding carboxylic acids is 1. The Hall–Kier alpha value is -0.530. The van der Waals surface area contributed by atoms with Gasteiger partial charge >= 0.3 is 5.97 Å². The first-order chi connectivity index (χ1) is 17.8. The summed E-state index contributed by atoms with van der Waals surface area (Å²) >= 11 is 0. The van der Waals surface area contributed by atoms with Crippen molar-refractivity contribution in [1.82, 2.24) is 0 Å². The predicted octanol–water partition coefficient (Wildman–Crippen LogP) is 12.3. The van der Waals surface area contributed by atoms with Gasteiger partial charge in [-0.2, -0.15) is 0 Å². The fourth-order valence-corrected chi connectivity index (χ4v) is 5.51. The Morgan fingerprint density at radius 2 is 0.472 bits per heavy atom. The zero-order valence-corrected chi connectivity index (χ0v) is 25.2. The van der Waals surface area contributed by atoms with Crippen LogP contribution in [0.15, 0.2) is 0 Å². The average Bonchev–Trinajstić information content (AvgIpc) is 2.99. The van der Waals surface area contributed by atoms with Crippen LogP contribution >= 0.6 is 0 Å². The van der Waals surface area contributed by atoms with Crippen molar-refractivity contribution < 1.29 is 9.53 Å². The van der Waals surface area contributed by atoms with Gasteiger partial charge in [0.05, 0.1) is 6.61 Å². The van der Waals surface area contributed by atoms with Gasteiger partial charge < -0.3 is 4.74 Å². The third-order valence-corrected chi connectivity index (χ3v) is 7.85. The van der Waals surface area contributed by atoms with Gasteiger partial charge in [0.1, 0.15) is 0 Å². The monoisotopic (exact) mass is 509 g/mol. The molecule has 5 aliphatic rings. The average molecular weight is 509 g/mol. The summed E-state index contributed by atoms with van der Waals surface area (Å²) in [4.78, 5) is 9.82. The highest BCUT2D eigenvalue weighted by atomic mass is 16.5. The molecule has 216 valence electrons. The highest BCUT2D eigenvalue weighted by Crippen LogP contribution is 2.17. The summed E-state index contributed by atoms with van der Waals surface area (Å²) in [7, 11) is 0. The second kappa shape index (κ2) is 32.5. The van der Waals surface area contributed by atoms with E-state index in [1.165, 1.54) is 200 Å². The van der Waals surface area contributed by atoms with E-state index in [1.807, 2.05) is 0 Å². The van der Waals surface area contributed by atoms with Gasteiger partial charge in [-0.25, -0.2) is 0 Å². The molecule has 5 fully saturated rings. The fourth-order valence-electron chi connectivity index (χ4n) is 5.51. The van der Waals surface area contributed by atoms with Crippen molar-refractivity contribution in [3.63, 3.8) is 0 Å². The minimum Gasteiger partial charge on any atom is -0.466 e. The number of hydrogen-bond donors (Lipinski definition) is 0. The lowest BCUT2D eigenvalue weighted by atomic mass is 10.0. The standard InChI is InChI=1S/5C6H12.C4H8O2/c5*1-2-4-6-5-3-1;1-3-6-4(2)5/h5*1-6H2;3H2,1-2H3. The van der Waals surface area contributed by atoms with Crippen molar-refractivity contribution in [2.75, 3.05) is 6.61 Å². The lowest BCUT2D eigenvalue weighted by Crippen LogP contribution is -1.95. The van der Waals surface area contributed by atoms with Crippen LogP contribution in [0.4, 0.5) is 0 Å². The molecule has 0 radical (unpaired) electrons. The van der Waals surface area contributed by atoms with E-state index in [2.05, 4.69) is 4.74 Å². The molecule has 5 rings (SSSR count). The molecular formula is C34H68O2. The Morgan fingerprint density at radius 1 is 0.361 bits per heavy atom. The quantitative estimate of drug-likeness (QED) is 0.329. The molecule has 0 aromatic rings. The van der Waals surface area contributed by atoms with Crippen molar-refractivity contribution in [1.29, 1.82) is 0 Å². The number of carbonyl (C=O) groups is 1. The van der Waals surface area contributed by atoms with Gasteiger partial charge in [0.25, 0.3) is 0 Å². The van der Waals surface area contributed by atoms with Gasteiger partial charge in [0.2, 0.25) is 0 Å². The minimum atomic E-state index is -0.211. The zero-order chi connectivity index (χ0) is 26.2. The molecule has 5 saturated carbocycles. The van der Waals surface area contributed by atoms with Crippen molar-refractivity contribution in [2.45, 2.75) is 206 Å². The SMILES string of the molecule is C1CCCCC1.C1CCCCC1.C1CCCCC1.C1CCCCC1.C1CCCCC1.CCOC(C)=O. The van der Waals surface area contributed by atoms with Crippen LogP contribution in [-0.2, 0) is 9.53 Å². The summed E-state index contributed by atoms with van der Waals surface area (Å²) in [5.41, 5.74) is 0. The molecule has 0 atom stereocenters. The minimum absolute atomic E-state index is 0.211. The van der Waals surface area contributed by atoms with Crippen LogP contribution in [0.5, 0.6) is 0 Å². The number of rotatable bonds is 1. The molecule has 0 heterocycles. The maximum absolute atomic E-state index is 9.82. The van der Waals surface area contributed by atoms with E-state index in [9.17, 15) is 4.79 Å². The van der Waals surface area contributed by atoms with E-state index >= 15 is 0 Å². The highest BCUT2D eigenvalue weighted by Gasteiger charge is 1.97. The van der Waals surface area contributed by atoms with Gasteiger partial charge in [0.15, 0.2) is 0 Å². The Labute approximate surface area is 228 Å². The Morgan fingerprint density at radius 3 is 0.500 bits per heavy atom. The fraction of sp³-hybridized carbons (Fsp3) is 0.971. The smallest absolute Gasteiger partial charge is 0.302 e. The molecule has 2 heteroatoms. The third-order valence-electron chi connectivity index (χ3n) is 7.85. The van der Waals surface area contributed by atoms with Gasteiger partial charge in [0, 0.05) is 6.92 Å². The first-order valence-electron chi connectivity index (χ1n) is 16.9. The summed E-state index contributed by atoms with van der Waals surface area (Å²) < 4.78 is 4.40. The molecule has 0 bridgehead atoms. The highest BCUT2D eigenvalue weighted by molar-refractivity contribution is 5.65. The van der Waals surface area contributed by atoms with Crippen molar-refractivity contribution in [3.05, 3.63) is 0 Å². The van der Waals surface area contributed by atoms with Crippen LogP contribution in [0.1, 0.15) is 206 Å². The number of esters is 1. The summed E-state index contributed by atoms with van der Waals surface area (Å²) in [5, 5.41) is 0. The van der Waals surface area contributed by atoms with Gasteiger partial charge in [-0.15, -0.1) is 0 Å². The molecule has 0 N–H and O–H groups in total. The van der Waals surface area contributed by atoms with Crippen molar-refractivity contribution in [2.24, 2.45) is 0 Å². The van der Waals surface area contributed by atoms with Gasteiger partial charge in [-0.3, -0.25) is 4.79 Å². The molecule has 2 nitrogen and oxygen atoms in total. The molecule has 0 spiro atoms. The van der Waals surface area contributed by atoms with Crippen LogP contribution in [0.25, 0.3) is 0 Å². The summed E-state index contributed by atoms with van der Waals surface area (Å²) in [6.07, 6.45) is 45.0. The molecule has 5 aliphatic carbocycles. The molecule has 0 aliphatic heterocycles. The third kappa shape index (κ3) is 33.5. The predicted molar refractivity (Wildman–Crippen MR) is 161 cm³/mol. The number of ether oxygens (including phenoxy) is 1. The van der Waals surface area contributed by atoms with E-state index in [1.54, 1.807) is 6.92 Å². The largest absolute Gasteiger partial charge is 0.466 e. The maximum atomic E-state index is 9.82. The first-order valence-corrected chi connectivity index (χ1v) is 16.9. The second-order valence-electron chi connectivity index (χ2n) is 11.5. The van der Waals surface area contributed by atoms with E-state index in [-0.39, 0.29) is 5.97 Å². The second-order valence-corrected chi connectivity index (χ2v) is 11.5. The van der Waals surface area contributed by atoms with E-state index in [0.717, 1.165) is 0 Å². The summed E-state index contributed by atoms with van der Waals surface area (Å²) in [5.74, 6) is -0.211. The van der Waals surface area contributed by atoms with Crippen LogP contribution in [-0.4, -0.2) is 12.6 Å². The molecular weight excluding hydrogens is 440 g/mol. The van der Waals surface area contributed by atoms with Crippen LogP contribution in [0.3, 0.4) is 0 Å². The van der Waals surface area contributed by atoms with Gasteiger partial charge in [-0.05, 0) is 6.92 Å². The van der Waals surface area contributed by atoms with Gasteiger partial charge in [-0.1, -0.05) is 193 Å². The maximum Gasteiger partial charge on any atom is 0.302 e. The Kier molecular flexibility index (Phi) is 32.0. The Bertz CT molecular complexity index is 259. The molecule has 0 amide bonds. The van der Waals surface area contributed by atoms with Crippen molar-refractivity contribution >= 4 is 5.97 Å². The molecule has 36 heavy (non-hydrogen) atoms. The number of hydrogen-bond acceptors (Lipinski definition) is 2. The topological polar surface area (TPSA) is 26.3 Å². The Balaban J connectivity index is 0.000000408. The molecule has 0 aromatic heterocycles. The molecule has 0 unspecified atom stereocenters.